The molecule has 0 spiro atoms. The first-order valence-electron chi connectivity index (χ1n) is 8.81. The number of hydrogen-bond acceptors (Lipinski definition) is 4. The van der Waals surface area contributed by atoms with Crippen LogP contribution in [0.5, 0.6) is 0 Å². The molecule has 156 valence electrons. The molecule has 10 heteroatoms. The molecular weight excluding hydrogens is 446 g/mol. The van der Waals surface area contributed by atoms with Crippen LogP contribution < -0.4 is 4.72 Å². The number of halogens is 3. The van der Waals surface area contributed by atoms with Crippen LogP contribution in [-0.4, -0.2) is 23.2 Å². The standard InChI is InChI=1S/C21H13ClF2N4O2S/c1-28-21-14(12-26-28)9-13(11-25-21)5-6-17-18(23)7-8-19(20(17)24)27-31(29,30)16-4-2-3-15(22)10-16/h2-4,7-12,27H,1H3. The van der Waals surface area contributed by atoms with Crippen molar-refractivity contribution in [2.24, 2.45) is 7.05 Å². The zero-order chi connectivity index (χ0) is 22.2. The molecule has 6 nitrogen and oxygen atoms in total. The van der Waals surface area contributed by atoms with Crippen molar-refractivity contribution < 1.29 is 17.2 Å². The summed E-state index contributed by atoms with van der Waals surface area (Å²) in [6.07, 6.45) is 3.05. The van der Waals surface area contributed by atoms with Gasteiger partial charge in [0.15, 0.2) is 11.5 Å². The van der Waals surface area contributed by atoms with Crippen molar-refractivity contribution in [2.45, 2.75) is 4.90 Å². The van der Waals surface area contributed by atoms with Crippen molar-refractivity contribution in [1.82, 2.24) is 14.8 Å². The molecule has 2 aromatic heterocycles. The Bertz CT molecular complexity index is 1490. The first-order chi connectivity index (χ1) is 14.7. The fraction of sp³-hybridized carbons (Fsp3) is 0.0476. The van der Waals surface area contributed by atoms with Crippen molar-refractivity contribution in [3.8, 4) is 11.8 Å². The number of nitrogens with zero attached hydrogens (tertiary/aromatic N) is 3. The molecule has 0 saturated heterocycles. The van der Waals surface area contributed by atoms with Crippen LogP contribution in [0.4, 0.5) is 14.5 Å². The molecule has 2 aromatic carbocycles. The lowest BCUT2D eigenvalue weighted by atomic mass is 10.1. The average molecular weight is 459 g/mol. The van der Waals surface area contributed by atoms with Crippen LogP contribution in [0.25, 0.3) is 11.0 Å². The van der Waals surface area contributed by atoms with E-state index < -0.39 is 32.9 Å². The summed E-state index contributed by atoms with van der Waals surface area (Å²) in [6.45, 7) is 0. The number of aryl methyl sites for hydroxylation is 1. The monoisotopic (exact) mass is 458 g/mol. The lowest BCUT2D eigenvalue weighted by molar-refractivity contribution is 0.578. The maximum absolute atomic E-state index is 14.9. The number of fused-ring (bicyclic) bond motifs is 1. The van der Waals surface area contributed by atoms with E-state index in [-0.39, 0.29) is 9.92 Å². The first-order valence-corrected chi connectivity index (χ1v) is 10.7. The molecule has 0 saturated carbocycles. The third kappa shape index (κ3) is 4.21. The summed E-state index contributed by atoms with van der Waals surface area (Å²) in [5.41, 5.74) is 0.0497. The van der Waals surface area contributed by atoms with Gasteiger partial charge in [0.25, 0.3) is 10.0 Å². The van der Waals surface area contributed by atoms with Gasteiger partial charge in [-0.15, -0.1) is 0 Å². The highest BCUT2D eigenvalue weighted by atomic mass is 35.5. The van der Waals surface area contributed by atoms with Gasteiger partial charge in [0, 0.05) is 29.2 Å². The molecule has 4 rings (SSSR count). The Labute approximate surface area is 181 Å². The van der Waals surface area contributed by atoms with Gasteiger partial charge in [0.1, 0.15) is 5.82 Å². The van der Waals surface area contributed by atoms with Gasteiger partial charge in [0.2, 0.25) is 0 Å². The highest BCUT2D eigenvalue weighted by molar-refractivity contribution is 7.92. The quantitative estimate of drug-likeness (QED) is 0.469. The van der Waals surface area contributed by atoms with Gasteiger partial charge in [-0.3, -0.25) is 9.40 Å². The van der Waals surface area contributed by atoms with Gasteiger partial charge in [-0.1, -0.05) is 29.5 Å². The van der Waals surface area contributed by atoms with Crippen LogP contribution in [0.2, 0.25) is 5.02 Å². The Morgan fingerprint density at radius 3 is 2.68 bits per heavy atom. The van der Waals surface area contributed by atoms with Gasteiger partial charge in [0.05, 0.1) is 22.3 Å². The predicted molar refractivity (Wildman–Crippen MR) is 113 cm³/mol. The fourth-order valence-electron chi connectivity index (χ4n) is 2.83. The summed E-state index contributed by atoms with van der Waals surface area (Å²) in [4.78, 5) is 4.05. The van der Waals surface area contributed by atoms with E-state index in [2.05, 4.69) is 26.6 Å². The molecule has 0 amide bonds. The van der Waals surface area contributed by atoms with Crippen LogP contribution in [0.1, 0.15) is 11.1 Å². The molecule has 0 unspecified atom stereocenters. The Morgan fingerprint density at radius 2 is 1.90 bits per heavy atom. The minimum Gasteiger partial charge on any atom is -0.277 e. The van der Waals surface area contributed by atoms with Gasteiger partial charge in [-0.2, -0.15) is 5.10 Å². The number of hydrogen-bond donors (Lipinski definition) is 1. The van der Waals surface area contributed by atoms with Crippen LogP contribution in [0, 0.1) is 23.5 Å². The summed E-state index contributed by atoms with van der Waals surface area (Å²) in [5, 5.41) is 4.99. The summed E-state index contributed by atoms with van der Waals surface area (Å²) in [7, 11) is -2.40. The van der Waals surface area contributed by atoms with Crippen LogP contribution in [0.3, 0.4) is 0 Å². The highest BCUT2D eigenvalue weighted by Gasteiger charge is 2.19. The van der Waals surface area contributed by atoms with E-state index in [1.807, 2.05) is 0 Å². The SMILES string of the molecule is Cn1ncc2cc(C#Cc3c(F)ccc(NS(=O)(=O)c4cccc(Cl)c4)c3F)cnc21. The molecule has 2 heterocycles. The molecule has 0 aliphatic heterocycles. The predicted octanol–water partition coefficient (Wildman–Crippen LogP) is 4.10. The van der Waals surface area contributed by atoms with Gasteiger partial charge < -0.3 is 0 Å². The zero-order valence-electron chi connectivity index (χ0n) is 15.9. The minimum absolute atomic E-state index is 0.160. The minimum atomic E-state index is -4.14. The molecule has 1 N–H and O–H groups in total. The molecule has 31 heavy (non-hydrogen) atoms. The van der Waals surface area contributed by atoms with E-state index in [0.717, 1.165) is 17.5 Å². The molecule has 0 aliphatic rings. The van der Waals surface area contributed by atoms with Crippen molar-refractivity contribution in [3.05, 3.63) is 82.6 Å². The van der Waals surface area contributed by atoms with Gasteiger partial charge in [-0.25, -0.2) is 22.2 Å². The van der Waals surface area contributed by atoms with E-state index >= 15 is 0 Å². The molecule has 0 aliphatic carbocycles. The molecule has 0 fully saturated rings. The lowest BCUT2D eigenvalue weighted by Crippen LogP contribution is -2.14. The van der Waals surface area contributed by atoms with E-state index in [1.165, 1.54) is 30.5 Å². The Kier molecular flexibility index (Phi) is 5.35. The Balaban J connectivity index is 1.69. The third-order valence-corrected chi connectivity index (χ3v) is 5.94. The number of nitrogens with one attached hydrogen (secondary N) is 1. The molecule has 0 bridgehead atoms. The Hall–Kier alpha value is -3.48. The van der Waals surface area contributed by atoms with Crippen molar-refractivity contribution in [3.63, 3.8) is 0 Å². The number of aromatic nitrogens is 3. The average Bonchev–Trinajstić information content (AvgIpc) is 3.10. The number of benzene rings is 2. The summed E-state index contributed by atoms with van der Waals surface area (Å²) < 4.78 is 57.9. The molecule has 4 aromatic rings. The van der Waals surface area contributed by atoms with Crippen LogP contribution in [-0.2, 0) is 17.1 Å². The maximum atomic E-state index is 14.9. The number of anilines is 1. The second-order valence-corrected chi connectivity index (χ2v) is 8.62. The summed E-state index contributed by atoms with van der Waals surface area (Å²) >= 11 is 5.82. The van der Waals surface area contributed by atoms with Crippen molar-refractivity contribution in [1.29, 1.82) is 0 Å². The third-order valence-electron chi connectivity index (χ3n) is 4.35. The summed E-state index contributed by atoms with van der Waals surface area (Å²) in [6, 6.07) is 9.08. The van der Waals surface area contributed by atoms with Gasteiger partial charge in [-0.05, 0) is 36.4 Å². The highest BCUT2D eigenvalue weighted by Crippen LogP contribution is 2.25. The largest absolute Gasteiger partial charge is 0.277 e. The zero-order valence-corrected chi connectivity index (χ0v) is 17.5. The van der Waals surface area contributed by atoms with E-state index in [9.17, 15) is 17.2 Å². The molecule has 0 atom stereocenters. The molecular formula is C21H13ClF2N4O2S. The normalized spacial score (nSPS) is 11.2. The number of rotatable bonds is 3. The van der Waals surface area contributed by atoms with E-state index in [1.54, 1.807) is 24.0 Å². The molecule has 0 radical (unpaired) electrons. The second kappa shape index (κ2) is 7.98. The van der Waals surface area contributed by atoms with Crippen LogP contribution >= 0.6 is 11.6 Å². The lowest BCUT2D eigenvalue weighted by Gasteiger charge is -2.10. The number of pyridine rings is 1. The Morgan fingerprint density at radius 1 is 1.10 bits per heavy atom. The summed E-state index contributed by atoms with van der Waals surface area (Å²) in [5.74, 6) is 3.01. The van der Waals surface area contributed by atoms with Gasteiger partial charge >= 0.3 is 0 Å². The van der Waals surface area contributed by atoms with Crippen molar-refractivity contribution in [2.75, 3.05) is 4.72 Å². The van der Waals surface area contributed by atoms with Crippen molar-refractivity contribution >= 4 is 38.3 Å². The number of sulfonamides is 1. The van der Waals surface area contributed by atoms with E-state index in [4.69, 9.17) is 11.6 Å². The second-order valence-electron chi connectivity index (χ2n) is 6.50. The topological polar surface area (TPSA) is 76.9 Å². The van der Waals surface area contributed by atoms with Crippen LogP contribution in [0.15, 0.2) is 59.8 Å². The maximum Gasteiger partial charge on any atom is 0.262 e. The first kappa shape index (κ1) is 20.8. The fourth-order valence-corrected chi connectivity index (χ4v) is 4.19. The van der Waals surface area contributed by atoms with E-state index in [0.29, 0.717) is 11.2 Å². The smallest absolute Gasteiger partial charge is 0.262 e.